The Morgan fingerprint density at radius 2 is 1.86 bits per heavy atom. The molecule has 74 valence electrons. The van der Waals surface area contributed by atoms with Crippen molar-refractivity contribution in [2.24, 2.45) is 0 Å². The Morgan fingerprint density at radius 3 is 2.57 bits per heavy atom. The molecule has 0 bridgehead atoms. The van der Waals surface area contributed by atoms with E-state index in [0.717, 1.165) is 25.6 Å². The fraction of sp³-hybridized carbons (Fsp3) is 0.333. The maximum absolute atomic E-state index is 12.8. The molecule has 2 aromatic rings. The van der Waals surface area contributed by atoms with Crippen LogP contribution in [0.25, 0.3) is 9.40 Å². The fourth-order valence-corrected chi connectivity index (χ4v) is 3.58. The maximum Gasteiger partial charge on any atom is 0.193 e. The first-order chi connectivity index (χ1) is 6.83. The molecule has 14 heavy (non-hydrogen) atoms. The van der Waals surface area contributed by atoms with Crippen LogP contribution < -0.4 is 0 Å². The van der Waals surface area contributed by atoms with Crippen LogP contribution in [0.1, 0.15) is 11.2 Å². The summed E-state index contributed by atoms with van der Waals surface area (Å²) in [5, 5.41) is -0.133. The zero-order chi connectivity index (χ0) is 9.54. The van der Waals surface area contributed by atoms with E-state index in [9.17, 15) is 4.39 Å². The van der Waals surface area contributed by atoms with Crippen LogP contribution >= 0.6 is 22.7 Å². The van der Waals surface area contributed by atoms with Gasteiger partial charge in [-0.2, -0.15) is 4.39 Å². The monoisotopic (exact) mass is 230 g/mol. The molecule has 2 aromatic heterocycles. The van der Waals surface area contributed by atoms with Gasteiger partial charge in [0.25, 0.3) is 0 Å². The van der Waals surface area contributed by atoms with Crippen LogP contribution in [0.5, 0.6) is 0 Å². The van der Waals surface area contributed by atoms with Crippen LogP contribution in [0, 0.1) is 5.13 Å². The summed E-state index contributed by atoms with van der Waals surface area (Å²) in [6, 6.07) is 3.51. The summed E-state index contributed by atoms with van der Waals surface area (Å²) in [7, 11) is 0. The summed E-state index contributed by atoms with van der Waals surface area (Å²) < 4.78 is 25.5. The van der Waals surface area contributed by atoms with E-state index in [4.69, 9.17) is 9.47 Å². The van der Waals surface area contributed by atoms with Crippen LogP contribution in [0.15, 0.2) is 12.1 Å². The van der Waals surface area contributed by atoms with E-state index in [1.807, 2.05) is 6.07 Å². The lowest BCUT2D eigenvalue weighted by molar-refractivity contribution is -0.0412. The Hall–Kier alpha value is -0.490. The number of halogens is 1. The molecule has 0 radical (unpaired) electrons. The van der Waals surface area contributed by atoms with E-state index in [1.165, 1.54) is 11.3 Å². The number of rotatable bonds is 1. The van der Waals surface area contributed by atoms with Crippen molar-refractivity contribution < 1.29 is 13.9 Å². The van der Waals surface area contributed by atoms with E-state index < -0.39 is 0 Å². The maximum atomic E-state index is 12.8. The molecule has 0 saturated carbocycles. The van der Waals surface area contributed by atoms with E-state index >= 15 is 0 Å². The molecule has 2 nitrogen and oxygen atoms in total. The Balaban J connectivity index is 2.01. The van der Waals surface area contributed by atoms with Crippen LogP contribution in [0.2, 0.25) is 0 Å². The van der Waals surface area contributed by atoms with Crippen LogP contribution in [0.3, 0.4) is 0 Å². The molecule has 1 aliphatic heterocycles. The van der Waals surface area contributed by atoms with E-state index in [1.54, 1.807) is 6.07 Å². The van der Waals surface area contributed by atoms with Gasteiger partial charge in [0.2, 0.25) is 0 Å². The Morgan fingerprint density at radius 1 is 1.14 bits per heavy atom. The zero-order valence-electron chi connectivity index (χ0n) is 7.16. The summed E-state index contributed by atoms with van der Waals surface area (Å²) in [6.45, 7) is 1.29. The number of fused-ring (bicyclic) bond motifs is 1. The molecule has 0 unspecified atom stereocenters. The lowest BCUT2D eigenvalue weighted by Crippen LogP contribution is -1.93. The molecule has 0 N–H and O–H groups in total. The third kappa shape index (κ3) is 1.37. The third-order valence-electron chi connectivity index (χ3n) is 2.05. The van der Waals surface area contributed by atoms with Gasteiger partial charge in [0, 0.05) is 15.5 Å². The molecule has 5 heteroatoms. The van der Waals surface area contributed by atoms with Crippen LogP contribution in [-0.2, 0) is 9.47 Å². The number of hydrogen-bond donors (Lipinski definition) is 0. The Labute approximate surface area is 87.9 Å². The van der Waals surface area contributed by atoms with Gasteiger partial charge in [0.15, 0.2) is 11.4 Å². The lowest BCUT2D eigenvalue weighted by atomic mass is 10.4. The third-order valence-corrected chi connectivity index (χ3v) is 4.15. The summed E-state index contributed by atoms with van der Waals surface area (Å²) in [5.41, 5.74) is 0. The highest BCUT2D eigenvalue weighted by Crippen LogP contribution is 2.37. The van der Waals surface area contributed by atoms with Crippen molar-refractivity contribution in [3.63, 3.8) is 0 Å². The van der Waals surface area contributed by atoms with Crippen molar-refractivity contribution in [1.29, 1.82) is 0 Å². The van der Waals surface area contributed by atoms with Crippen molar-refractivity contribution in [3.8, 4) is 0 Å². The van der Waals surface area contributed by atoms with Crippen LogP contribution in [-0.4, -0.2) is 13.2 Å². The molecule has 1 aliphatic rings. The predicted molar refractivity (Wildman–Crippen MR) is 54.3 cm³/mol. The first-order valence-corrected chi connectivity index (χ1v) is 5.88. The molecule has 1 saturated heterocycles. The van der Waals surface area contributed by atoms with Crippen molar-refractivity contribution in [1.82, 2.24) is 0 Å². The second-order valence-electron chi connectivity index (χ2n) is 3.00. The molecule has 0 aliphatic carbocycles. The first kappa shape index (κ1) is 8.79. The number of thiophene rings is 2. The summed E-state index contributed by atoms with van der Waals surface area (Å²) >= 11 is 2.70. The van der Waals surface area contributed by atoms with Gasteiger partial charge in [-0.15, -0.1) is 22.7 Å². The van der Waals surface area contributed by atoms with Crippen molar-refractivity contribution in [2.75, 3.05) is 13.2 Å². The topological polar surface area (TPSA) is 18.5 Å². The smallest absolute Gasteiger partial charge is 0.193 e. The summed E-state index contributed by atoms with van der Waals surface area (Å²) in [6.07, 6.45) is -0.234. The van der Waals surface area contributed by atoms with Crippen molar-refractivity contribution >= 4 is 32.1 Å². The van der Waals surface area contributed by atoms with Gasteiger partial charge >= 0.3 is 0 Å². The van der Waals surface area contributed by atoms with Gasteiger partial charge in [-0.3, -0.25) is 0 Å². The molecule has 0 amide bonds. The second-order valence-corrected chi connectivity index (χ2v) is 5.15. The summed E-state index contributed by atoms with van der Waals surface area (Å²) in [5.74, 6) is 0. The highest BCUT2D eigenvalue weighted by molar-refractivity contribution is 7.27. The molecule has 0 atom stereocenters. The molecule has 3 heterocycles. The average molecular weight is 230 g/mol. The Bertz CT molecular complexity index is 425. The van der Waals surface area contributed by atoms with Crippen LogP contribution in [0.4, 0.5) is 4.39 Å². The van der Waals surface area contributed by atoms with Crippen molar-refractivity contribution in [3.05, 3.63) is 22.1 Å². The molecular weight excluding hydrogens is 223 g/mol. The minimum atomic E-state index is -0.234. The predicted octanol–water partition coefficient (Wildman–Crippen LogP) is 3.15. The number of hydrogen-bond acceptors (Lipinski definition) is 4. The van der Waals surface area contributed by atoms with E-state index in [-0.39, 0.29) is 11.4 Å². The van der Waals surface area contributed by atoms with E-state index in [2.05, 4.69) is 0 Å². The summed E-state index contributed by atoms with van der Waals surface area (Å²) in [4.78, 5) is 1.03. The standard InChI is InChI=1S/C9H7FO2S2/c10-8-4-6-5(14-8)3-7(13-6)9-11-1-2-12-9/h3-4,9H,1-2H2. The highest BCUT2D eigenvalue weighted by Gasteiger charge is 2.21. The van der Waals surface area contributed by atoms with Gasteiger partial charge in [0.05, 0.1) is 18.1 Å². The minimum absolute atomic E-state index is 0.133. The fourth-order valence-electron chi connectivity index (χ4n) is 1.46. The van der Waals surface area contributed by atoms with Gasteiger partial charge in [-0.25, -0.2) is 0 Å². The second kappa shape index (κ2) is 3.27. The van der Waals surface area contributed by atoms with Crippen molar-refractivity contribution in [2.45, 2.75) is 6.29 Å². The van der Waals surface area contributed by atoms with Gasteiger partial charge in [-0.1, -0.05) is 0 Å². The van der Waals surface area contributed by atoms with E-state index in [0.29, 0.717) is 13.2 Å². The molecule has 3 rings (SSSR count). The largest absolute Gasteiger partial charge is 0.345 e. The average Bonchev–Trinajstić information content (AvgIpc) is 2.74. The van der Waals surface area contributed by atoms with Gasteiger partial charge in [0.1, 0.15) is 0 Å². The number of ether oxygens (including phenoxy) is 2. The van der Waals surface area contributed by atoms with Gasteiger partial charge < -0.3 is 9.47 Å². The molecule has 1 fully saturated rings. The Kier molecular flexibility index (Phi) is 2.05. The zero-order valence-corrected chi connectivity index (χ0v) is 8.79. The minimum Gasteiger partial charge on any atom is -0.345 e. The highest BCUT2D eigenvalue weighted by atomic mass is 32.1. The SMILES string of the molecule is Fc1cc2sc(C3OCCO3)cc2s1. The first-order valence-electron chi connectivity index (χ1n) is 4.25. The quantitative estimate of drug-likeness (QED) is 0.749. The molecule has 0 aromatic carbocycles. The van der Waals surface area contributed by atoms with Gasteiger partial charge in [-0.05, 0) is 6.07 Å². The lowest BCUT2D eigenvalue weighted by Gasteiger charge is -2.04. The molecular formula is C9H7FO2S2. The normalized spacial score (nSPS) is 18.4. The molecule has 0 spiro atoms.